The van der Waals surface area contributed by atoms with Crippen LogP contribution in [-0.4, -0.2) is 6.26 Å². The molecule has 0 N–H and O–H groups in total. The molecule has 1 heteroatoms. The fourth-order valence-corrected chi connectivity index (χ4v) is 1.68. The van der Waals surface area contributed by atoms with Crippen molar-refractivity contribution in [3.05, 3.63) is 11.0 Å². The highest BCUT2D eigenvalue weighted by Crippen LogP contribution is 2.25. The average molecular weight is 128 g/mol. The molecule has 1 fully saturated rings. The van der Waals surface area contributed by atoms with Crippen molar-refractivity contribution in [1.29, 1.82) is 0 Å². The van der Waals surface area contributed by atoms with Gasteiger partial charge in [-0.05, 0) is 37.3 Å². The van der Waals surface area contributed by atoms with E-state index in [2.05, 4.69) is 11.7 Å². The van der Waals surface area contributed by atoms with Gasteiger partial charge in [-0.25, -0.2) is 0 Å². The van der Waals surface area contributed by atoms with E-state index >= 15 is 0 Å². The zero-order chi connectivity index (χ0) is 5.82. The summed E-state index contributed by atoms with van der Waals surface area (Å²) in [6, 6.07) is 0. The molecule has 1 aliphatic rings. The fourth-order valence-electron chi connectivity index (χ4n) is 1.11. The molecule has 0 aromatic carbocycles. The quantitative estimate of drug-likeness (QED) is 0.523. The van der Waals surface area contributed by atoms with Crippen LogP contribution in [0.25, 0.3) is 0 Å². The Balaban J connectivity index is 2.33. The van der Waals surface area contributed by atoms with Crippen LogP contribution in [0.2, 0.25) is 0 Å². The molecule has 1 rings (SSSR count). The molecule has 0 aromatic heterocycles. The van der Waals surface area contributed by atoms with Crippen molar-refractivity contribution in [3.8, 4) is 0 Å². The lowest BCUT2D eigenvalue weighted by Gasteiger charge is -1.88. The third-order valence-corrected chi connectivity index (χ3v) is 2.10. The maximum Gasteiger partial charge on any atom is -0.0142 e. The summed E-state index contributed by atoms with van der Waals surface area (Å²) < 4.78 is 0. The Kier molecular flexibility index (Phi) is 2.47. The van der Waals surface area contributed by atoms with Crippen LogP contribution in [0.3, 0.4) is 0 Å². The van der Waals surface area contributed by atoms with E-state index in [4.69, 9.17) is 0 Å². The van der Waals surface area contributed by atoms with Gasteiger partial charge < -0.3 is 0 Å². The first-order valence-electron chi connectivity index (χ1n) is 3.14. The molecule has 0 bridgehead atoms. The predicted molar refractivity (Wildman–Crippen MR) is 40.1 cm³/mol. The largest absolute Gasteiger partial charge is 0.138 e. The number of allylic oxidation sites excluding steroid dienone is 1. The molecule has 0 atom stereocenters. The summed E-state index contributed by atoms with van der Waals surface area (Å²) in [4.78, 5) is 0. The molecule has 0 nitrogen and oxygen atoms in total. The maximum absolute atomic E-state index is 2.30. The van der Waals surface area contributed by atoms with E-state index in [1.807, 2.05) is 11.8 Å². The topological polar surface area (TPSA) is 0 Å². The van der Waals surface area contributed by atoms with Gasteiger partial charge in [0.1, 0.15) is 0 Å². The van der Waals surface area contributed by atoms with Gasteiger partial charge in [0.05, 0.1) is 0 Å². The van der Waals surface area contributed by atoms with Crippen molar-refractivity contribution >= 4 is 11.8 Å². The van der Waals surface area contributed by atoms with E-state index in [9.17, 15) is 0 Å². The molecule has 0 aliphatic heterocycles. The second-order valence-electron chi connectivity index (χ2n) is 2.22. The van der Waals surface area contributed by atoms with Gasteiger partial charge in [-0.2, -0.15) is 0 Å². The molecule has 0 spiro atoms. The first kappa shape index (κ1) is 6.21. The Bertz CT molecular complexity index is 86.6. The number of hydrogen-bond acceptors (Lipinski definition) is 1. The molecule has 0 saturated heterocycles. The van der Waals surface area contributed by atoms with Crippen LogP contribution in [0.15, 0.2) is 11.0 Å². The maximum atomic E-state index is 2.30. The van der Waals surface area contributed by atoms with Crippen molar-refractivity contribution in [2.24, 2.45) is 0 Å². The van der Waals surface area contributed by atoms with Gasteiger partial charge in [0.2, 0.25) is 0 Å². The molecule has 0 aromatic rings. The zero-order valence-corrected chi connectivity index (χ0v) is 6.13. The van der Waals surface area contributed by atoms with E-state index in [-0.39, 0.29) is 0 Å². The van der Waals surface area contributed by atoms with E-state index < -0.39 is 0 Å². The normalized spacial score (nSPS) is 19.4. The zero-order valence-electron chi connectivity index (χ0n) is 5.31. The van der Waals surface area contributed by atoms with Gasteiger partial charge in [-0.3, -0.25) is 0 Å². The van der Waals surface area contributed by atoms with E-state index in [0.717, 1.165) is 0 Å². The molecule has 1 saturated carbocycles. The van der Waals surface area contributed by atoms with Crippen molar-refractivity contribution in [1.82, 2.24) is 0 Å². The van der Waals surface area contributed by atoms with Crippen LogP contribution >= 0.6 is 11.8 Å². The minimum atomic E-state index is 1.36. The summed E-state index contributed by atoms with van der Waals surface area (Å²) in [6.07, 6.45) is 7.70. The van der Waals surface area contributed by atoms with Crippen molar-refractivity contribution < 1.29 is 0 Å². The molecule has 0 heterocycles. The Morgan fingerprint density at radius 2 is 2.00 bits per heavy atom. The van der Waals surface area contributed by atoms with Crippen LogP contribution < -0.4 is 0 Å². The van der Waals surface area contributed by atoms with Crippen molar-refractivity contribution in [2.75, 3.05) is 6.26 Å². The molecule has 0 amide bonds. The number of rotatable bonds is 1. The highest BCUT2D eigenvalue weighted by molar-refractivity contribution is 8.01. The predicted octanol–water partition coefficient (Wildman–Crippen LogP) is 2.81. The van der Waals surface area contributed by atoms with E-state index in [1.165, 1.54) is 25.7 Å². The van der Waals surface area contributed by atoms with Crippen LogP contribution in [0.1, 0.15) is 25.7 Å². The number of hydrogen-bond donors (Lipinski definition) is 0. The lowest BCUT2D eigenvalue weighted by molar-refractivity contribution is 0.886. The first-order valence-corrected chi connectivity index (χ1v) is 4.43. The lowest BCUT2D eigenvalue weighted by atomic mass is 10.3. The van der Waals surface area contributed by atoms with E-state index in [1.54, 1.807) is 5.57 Å². The average Bonchev–Trinajstić information content (AvgIpc) is 2.19. The Labute approximate surface area is 55.4 Å². The third-order valence-electron chi connectivity index (χ3n) is 1.53. The van der Waals surface area contributed by atoms with Gasteiger partial charge >= 0.3 is 0 Å². The van der Waals surface area contributed by atoms with Crippen LogP contribution in [-0.2, 0) is 0 Å². The second-order valence-corrected chi connectivity index (χ2v) is 2.93. The SMILES string of the molecule is CSC=C1CCCC1. The van der Waals surface area contributed by atoms with Gasteiger partial charge in [0, 0.05) is 0 Å². The molecule has 1 aliphatic carbocycles. The van der Waals surface area contributed by atoms with Gasteiger partial charge in [-0.1, -0.05) is 5.57 Å². The van der Waals surface area contributed by atoms with Crippen LogP contribution in [0.4, 0.5) is 0 Å². The Morgan fingerprint density at radius 1 is 1.38 bits per heavy atom. The van der Waals surface area contributed by atoms with Crippen molar-refractivity contribution in [3.63, 3.8) is 0 Å². The summed E-state index contributed by atoms with van der Waals surface area (Å²) >= 11 is 1.84. The fraction of sp³-hybridized carbons (Fsp3) is 0.714. The first-order chi connectivity index (χ1) is 3.93. The van der Waals surface area contributed by atoms with Crippen LogP contribution in [0.5, 0.6) is 0 Å². The van der Waals surface area contributed by atoms with Gasteiger partial charge in [0.25, 0.3) is 0 Å². The Hall–Kier alpha value is 0.0900. The molecular formula is C7H12S. The minimum Gasteiger partial charge on any atom is -0.138 e. The molecule has 0 radical (unpaired) electrons. The second kappa shape index (κ2) is 3.18. The smallest absolute Gasteiger partial charge is 0.0142 e. The minimum absolute atomic E-state index is 1.36. The summed E-state index contributed by atoms with van der Waals surface area (Å²) in [5.41, 5.74) is 1.66. The van der Waals surface area contributed by atoms with Gasteiger partial charge in [0.15, 0.2) is 0 Å². The van der Waals surface area contributed by atoms with Gasteiger partial charge in [-0.15, -0.1) is 11.8 Å². The standard InChI is InChI=1S/C7H12S/c1-8-6-7-4-2-3-5-7/h6H,2-5H2,1H3. The third kappa shape index (κ3) is 1.55. The molecule has 0 unspecified atom stereocenters. The molecule has 46 valence electrons. The van der Waals surface area contributed by atoms with Crippen molar-refractivity contribution in [2.45, 2.75) is 25.7 Å². The van der Waals surface area contributed by atoms with Crippen LogP contribution in [0, 0.1) is 0 Å². The lowest BCUT2D eigenvalue weighted by Crippen LogP contribution is -1.65. The number of thioether (sulfide) groups is 1. The summed E-state index contributed by atoms with van der Waals surface area (Å²) in [6.45, 7) is 0. The summed E-state index contributed by atoms with van der Waals surface area (Å²) in [7, 11) is 0. The highest BCUT2D eigenvalue weighted by Gasteiger charge is 2.04. The van der Waals surface area contributed by atoms with E-state index in [0.29, 0.717) is 0 Å². The Morgan fingerprint density at radius 3 is 2.50 bits per heavy atom. The summed E-state index contributed by atoms with van der Waals surface area (Å²) in [5.74, 6) is 0. The monoisotopic (exact) mass is 128 g/mol. The summed E-state index contributed by atoms with van der Waals surface area (Å²) in [5, 5.41) is 2.30. The molecular weight excluding hydrogens is 116 g/mol. The molecule has 8 heavy (non-hydrogen) atoms. The highest BCUT2D eigenvalue weighted by atomic mass is 32.2.